The van der Waals surface area contributed by atoms with Crippen LogP contribution >= 0.6 is 11.8 Å². The van der Waals surface area contributed by atoms with Gasteiger partial charge in [-0.2, -0.15) is 0 Å². The minimum absolute atomic E-state index is 0.342. The number of nitrogens with one attached hydrogen (secondary N) is 2. The van der Waals surface area contributed by atoms with E-state index < -0.39 is 5.91 Å². The third-order valence-corrected chi connectivity index (χ3v) is 8.12. The van der Waals surface area contributed by atoms with Crippen LogP contribution < -0.4 is 20.3 Å². The third kappa shape index (κ3) is 6.06. The van der Waals surface area contributed by atoms with Gasteiger partial charge in [0.25, 0.3) is 11.1 Å². The van der Waals surface area contributed by atoms with Gasteiger partial charge in [0.05, 0.1) is 29.1 Å². The zero-order chi connectivity index (χ0) is 28.2. The number of methoxy groups -OCH3 is 1. The molecule has 41 heavy (non-hydrogen) atoms. The first-order chi connectivity index (χ1) is 20.1. The molecule has 0 aliphatic carbocycles. The Kier molecular flexibility index (Phi) is 7.88. The third-order valence-electron chi connectivity index (χ3n) is 7.30. The average Bonchev–Trinajstić information content (AvgIpc) is 3.33. The standard InChI is InChI=1S/C30H29N7O3S/c1-40-26-7-6-24(23-17-32-16-20-4-2-3-5-22(20)23)35-25(26)18-31-15-19-9-12-37(13-10-19)29-33-11-8-21(34-29)14-27-28(38)36-30(39)41-27/h2-8,11,14,16-17,19,31H,9-10,12-13,15,18H2,1H3,(H,36,38,39)/b27-14+. The van der Waals surface area contributed by atoms with E-state index in [9.17, 15) is 9.59 Å². The van der Waals surface area contributed by atoms with Crippen LogP contribution in [0, 0.1) is 5.92 Å². The van der Waals surface area contributed by atoms with Gasteiger partial charge in [-0.1, -0.05) is 24.3 Å². The molecule has 2 fully saturated rings. The summed E-state index contributed by atoms with van der Waals surface area (Å²) >= 11 is 0.884. The number of nitrogens with zero attached hydrogens (tertiary/aromatic N) is 5. The van der Waals surface area contributed by atoms with Crippen LogP contribution in [0.4, 0.5) is 10.7 Å². The summed E-state index contributed by atoms with van der Waals surface area (Å²) in [5, 5.41) is 7.69. The van der Waals surface area contributed by atoms with E-state index in [-0.39, 0.29) is 5.24 Å². The number of amides is 2. The van der Waals surface area contributed by atoms with Gasteiger partial charge >= 0.3 is 0 Å². The molecule has 6 rings (SSSR count). The molecule has 2 aliphatic rings. The fourth-order valence-electron chi connectivity index (χ4n) is 5.15. The lowest BCUT2D eigenvalue weighted by Gasteiger charge is -2.32. The predicted molar refractivity (Wildman–Crippen MR) is 159 cm³/mol. The van der Waals surface area contributed by atoms with Crippen LogP contribution in [0.15, 0.2) is 66.0 Å². The van der Waals surface area contributed by atoms with Crippen molar-refractivity contribution in [2.24, 2.45) is 5.92 Å². The first-order valence-electron chi connectivity index (χ1n) is 13.5. The van der Waals surface area contributed by atoms with Crippen molar-refractivity contribution in [2.45, 2.75) is 19.4 Å². The number of imide groups is 1. The molecule has 5 heterocycles. The number of carbonyl (C=O) groups excluding carboxylic acids is 2. The average molecular weight is 568 g/mol. The minimum Gasteiger partial charge on any atom is -0.495 e. The van der Waals surface area contributed by atoms with Gasteiger partial charge in [0.1, 0.15) is 5.75 Å². The summed E-state index contributed by atoms with van der Waals surface area (Å²) < 4.78 is 5.61. The summed E-state index contributed by atoms with van der Waals surface area (Å²) in [4.78, 5) is 44.2. The molecule has 0 saturated carbocycles. The molecule has 3 aromatic heterocycles. The number of thioether (sulfide) groups is 1. The van der Waals surface area contributed by atoms with Gasteiger partial charge < -0.3 is 15.0 Å². The predicted octanol–water partition coefficient (Wildman–Crippen LogP) is 4.43. The number of hydrogen-bond acceptors (Lipinski definition) is 10. The second-order valence-electron chi connectivity index (χ2n) is 9.95. The molecular weight excluding hydrogens is 538 g/mol. The van der Waals surface area contributed by atoms with Crippen molar-refractivity contribution in [3.63, 3.8) is 0 Å². The van der Waals surface area contributed by atoms with E-state index >= 15 is 0 Å². The Labute approximate surface area is 241 Å². The highest BCUT2D eigenvalue weighted by Crippen LogP contribution is 2.29. The second-order valence-corrected chi connectivity index (χ2v) is 11.0. The topological polar surface area (TPSA) is 122 Å². The zero-order valence-corrected chi connectivity index (χ0v) is 23.4. The molecule has 2 amide bonds. The quantitative estimate of drug-likeness (QED) is 0.296. The molecule has 0 bridgehead atoms. The summed E-state index contributed by atoms with van der Waals surface area (Å²) in [6.07, 6.45) is 9.05. The van der Waals surface area contributed by atoms with E-state index in [1.807, 2.05) is 36.7 Å². The van der Waals surface area contributed by atoms with Crippen molar-refractivity contribution < 1.29 is 14.3 Å². The normalized spacial score (nSPS) is 16.9. The summed E-state index contributed by atoms with van der Waals surface area (Å²) in [7, 11) is 1.67. The van der Waals surface area contributed by atoms with Gasteiger partial charge in [0, 0.05) is 49.2 Å². The Hall–Kier alpha value is -4.35. The number of ether oxygens (including phenoxy) is 1. The van der Waals surface area contributed by atoms with Crippen LogP contribution in [-0.2, 0) is 11.3 Å². The van der Waals surface area contributed by atoms with E-state index in [1.165, 1.54) is 0 Å². The van der Waals surface area contributed by atoms with Gasteiger partial charge in [-0.3, -0.25) is 19.9 Å². The molecule has 10 nitrogen and oxygen atoms in total. The van der Waals surface area contributed by atoms with Gasteiger partial charge in [0.2, 0.25) is 5.95 Å². The van der Waals surface area contributed by atoms with Gasteiger partial charge in [-0.05, 0) is 66.7 Å². The lowest BCUT2D eigenvalue weighted by atomic mass is 9.97. The Balaban J connectivity index is 1.06. The maximum Gasteiger partial charge on any atom is 0.290 e. The molecule has 0 radical (unpaired) electrons. The molecule has 11 heteroatoms. The maximum atomic E-state index is 11.9. The molecule has 1 aromatic carbocycles. The van der Waals surface area contributed by atoms with E-state index in [1.54, 1.807) is 25.4 Å². The van der Waals surface area contributed by atoms with E-state index in [0.29, 0.717) is 29.0 Å². The van der Waals surface area contributed by atoms with Gasteiger partial charge in [-0.25, -0.2) is 15.0 Å². The molecular formula is C30H29N7O3S. The molecule has 2 saturated heterocycles. The van der Waals surface area contributed by atoms with Crippen molar-refractivity contribution >= 4 is 45.7 Å². The number of rotatable bonds is 8. The van der Waals surface area contributed by atoms with E-state index in [0.717, 1.165) is 77.7 Å². The number of anilines is 1. The number of hydrogen-bond donors (Lipinski definition) is 2. The maximum absolute atomic E-state index is 11.9. The molecule has 4 aromatic rings. The lowest BCUT2D eigenvalue weighted by molar-refractivity contribution is -0.115. The summed E-state index contributed by atoms with van der Waals surface area (Å²) in [5.74, 6) is 1.51. The largest absolute Gasteiger partial charge is 0.495 e. The molecule has 208 valence electrons. The van der Waals surface area contributed by atoms with Crippen molar-refractivity contribution in [1.29, 1.82) is 0 Å². The number of aromatic nitrogens is 4. The molecule has 0 atom stereocenters. The van der Waals surface area contributed by atoms with E-state index in [2.05, 4.69) is 42.6 Å². The molecule has 0 spiro atoms. The van der Waals surface area contributed by atoms with Crippen LogP contribution in [0.2, 0.25) is 0 Å². The fourth-order valence-corrected chi connectivity index (χ4v) is 5.82. The summed E-state index contributed by atoms with van der Waals surface area (Å²) in [6, 6.07) is 13.9. The second kappa shape index (κ2) is 12.0. The van der Waals surface area contributed by atoms with Gasteiger partial charge in [-0.15, -0.1) is 0 Å². The fraction of sp³-hybridized carbons (Fsp3) is 0.267. The number of fused-ring (bicyclic) bond motifs is 1. The highest BCUT2D eigenvalue weighted by molar-refractivity contribution is 8.18. The SMILES string of the molecule is COc1ccc(-c2cncc3ccccc23)nc1CNCC1CCN(c2nccc(/C=C3/SC(=O)NC3=O)n2)CC1. The van der Waals surface area contributed by atoms with Crippen LogP contribution in [0.3, 0.4) is 0 Å². The van der Waals surface area contributed by atoms with Crippen LogP contribution in [-0.4, -0.2) is 57.8 Å². The Bertz CT molecular complexity index is 1630. The molecule has 2 N–H and O–H groups in total. The Morgan fingerprint density at radius 3 is 2.76 bits per heavy atom. The van der Waals surface area contributed by atoms with Crippen molar-refractivity contribution in [3.05, 3.63) is 77.3 Å². The van der Waals surface area contributed by atoms with Crippen molar-refractivity contribution in [2.75, 3.05) is 31.6 Å². The van der Waals surface area contributed by atoms with Crippen molar-refractivity contribution in [1.82, 2.24) is 30.6 Å². The first kappa shape index (κ1) is 26.9. The zero-order valence-electron chi connectivity index (χ0n) is 22.5. The summed E-state index contributed by atoms with van der Waals surface area (Å²) in [5.41, 5.74) is 3.34. The Morgan fingerprint density at radius 2 is 1.95 bits per heavy atom. The Morgan fingerprint density at radius 1 is 1.10 bits per heavy atom. The number of carbonyl (C=O) groups is 2. The highest BCUT2D eigenvalue weighted by Gasteiger charge is 2.26. The number of piperidine rings is 1. The number of pyridine rings is 2. The smallest absolute Gasteiger partial charge is 0.290 e. The van der Waals surface area contributed by atoms with E-state index in [4.69, 9.17) is 9.72 Å². The minimum atomic E-state index is -0.390. The first-order valence-corrected chi connectivity index (χ1v) is 14.3. The molecule has 0 unspecified atom stereocenters. The lowest BCUT2D eigenvalue weighted by Crippen LogP contribution is -2.38. The van der Waals surface area contributed by atoms with Crippen molar-refractivity contribution in [3.8, 4) is 17.0 Å². The van der Waals surface area contributed by atoms with Crippen LogP contribution in [0.5, 0.6) is 5.75 Å². The molecule has 2 aliphatic heterocycles. The van der Waals surface area contributed by atoms with Crippen LogP contribution in [0.1, 0.15) is 24.2 Å². The monoisotopic (exact) mass is 567 g/mol. The van der Waals surface area contributed by atoms with Gasteiger partial charge in [0.15, 0.2) is 0 Å². The number of benzene rings is 1. The van der Waals surface area contributed by atoms with Crippen LogP contribution in [0.25, 0.3) is 28.1 Å². The summed E-state index contributed by atoms with van der Waals surface area (Å²) in [6.45, 7) is 3.14. The highest BCUT2D eigenvalue weighted by atomic mass is 32.2.